The molecule has 0 atom stereocenters. The number of ether oxygens (including phenoxy) is 2. The van der Waals surface area contributed by atoms with Crippen LogP contribution in [0.4, 0.5) is 0 Å². The molecule has 0 saturated carbocycles. The molecule has 0 amide bonds. The fourth-order valence-corrected chi connectivity index (χ4v) is 4.07. The van der Waals surface area contributed by atoms with Crippen molar-refractivity contribution >= 4 is 45.4 Å². The van der Waals surface area contributed by atoms with Crippen molar-refractivity contribution in [2.75, 3.05) is 7.11 Å². The molecule has 4 rings (SSSR count). The van der Waals surface area contributed by atoms with Gasteiger partial charge in [0.2, 0.25) is 0 Å². The summed E-state index contributed by atoms with van der Waals surface area (Å²) in [6, 6.07) is 22.4. The van der Waals surface area contributed by atoms with E-state index in [1.165, 1.54) is 17.9 Å². The number of aromatic nitrogens is 1. The van der Waals surface area contributed by atoms with Crippen LogP contribution in [0.2, 0.25) is 0 Å². The topological polar surface area (TPSA) is 57.5 Å². The molecule has 1 heterocycles. The van der Waals surface area contributed by atoms with E-state index in [1.807, 2.05) is 54.6 Å². The Balaban J connectivity index is 1.76. The van der Waals surface area contributed by atoms with Gasteiger partial charge in [-0.15, -0.1) is 0 Å². The highest BCUT2D eigenvalue weighted by Gasteiger charge is 2.23. The maximum Gasteiger partial charge on any atom is 0.340 e. The van der Waals surface area contributed by atoms with Gasteiger partial charge in [-0.25, -0.2) is 4.79 Å². The Kier molecular flexibility index (Phi) is 5.85. The number of fused-ring (bicyclic) bond motifs is 1. The zero-order valence-corrected chi connectivity index (χ0v) is 18.3. The van der Waals surface area contributed by atoms with Gasteiger partial charge < -0.3 is 9.47 Å². The van der Waals surface area contributed by atoms with Crippen molar-refractivity contribution in [1.82, 2.24) is 4.57 Å². The van der Waals surface area contributed by atoms with E-state index in [0.717, 1.165) is 9.13 Å². The average Bonchev–Trinajstić information content (AvgIpc) is 3.18. The summed E-state index contributed by atoms with van der Waals surface area (Å²) in [4.78, 5) is 25.8. The summed E-state index contributed by atoms with van der Waals surface area (Å²) >= 11 is 2.16. The number of methoxy groups -OCH3 is 1. The summed E-state index contributed by atoms with van der Waals surface area (Å²) in [7, 11) is 1.33. The number of esters is 1. The summed E-state index contributed by atoms with van der Waals surface area (Å²) < 4.78 is 13.2. The Morgan fingerprint density at radius 2 is 1.63 bits per heavy atom. The van der Waals surface area contributed by atoms with Gasteiger partial charge in [0.1, 0.15) is 12.4 Å². The lowest BCUT2D eigenvalue weighted by Gasteiger charge is -2.12. The smallest absolute Gasteiger partial charge is 0.340 e. The van der Waals surface area contributed by atoms with Crippen molar-refractivity contribution in [1.29, 1.82) is 0 Å². The van der Waals surface area contributed by atoms with Gasteiger partial charge in [0.25, 0.3) is 5.91 Å². The van der Waals surface area contributed by atoms with E-state index in [1.54, 1.807) is 18.2 Å². The molecule has 30 heavy (non-hydrogen) atoms. The average molecular weight is 511 g/mol. The van der Waals surface area contributed by atoms with Crippen molar-refractivity contribution < 1.29 is 19.1 Å². The maximum atomic E-state index is 13.5. The zero-order valence-electron chi connectivity index (χ0n) is 16.2. The van der Waals surface area contributed by atoms with Crippen LogP contribution in [0.3, 0.4) is 0 Å². The van der Waals surface area contributed by atoms with Crippen LogP contribution in [-0.2, 0) is 11.3 Å². The molecule has 0 aliphatic heterocycles. The van der Waals surface area contributed by atoms with E-state index in [-0.39, 0.29) is 5.91 Å². The van der Waals surface area contributed by atoms with Crippen LogP contribution >= 0.6 is 22.6 Å². The van der Waals surface area contributed by atoms with Crippen LogP contribution in [0.15, 0.2) is 79.0 Å². The lowest BCUT2D eigenvalue weighted by atomic mass is 10.1. The Labute approximate surface area is 187 Å². The monoisotopic (exact) mass is 511 g/mol. The second-order valence-electron chi connectivity index (χ2n) is 6.62. The molecule has 150 valence electrons. The zero-order chi connectivity index (χ0) is 21.1. The standard InChI is InChI=1S/C24H18INO4/c1-29-24(28)19-14-26(22-17(19)11-7-12-20(22)25)23(27)18-10-5-6-13-21(18)30-15-16-8-3-2-4-9-16/h2-14H,15H2,1H3. The Morgan fingerprint density at radius 1 is 0.900 bits per heavy atom. The number of benzene rings is 3. The van der Waals surface area contributed by atoms with Gasteiger partial charge in [0, 0.05) is 15.2 Å². The van der Waals surface area contributed by atoms with Crippen molar-refractivity contribution in [3.05, 3.63) is 99.3 Å². The molecule has 5 nitrogen and oxygen atoms in total. The molecule has 6 heteroatoms. The minimum Gasteiger partial charge on any atom is -0.488 e. The van der Waals surface area contributed by atoms with Crippen molar-refractivity contribution in [3.8, 4) is 5.75 Å². The van der Waals surface area contributed by atoms with Gasteiger partial charge >= 0.3 is 5.97 Å². The normalized spacial score (nSPS) is 10.7. The predicted molar refractivity (Wildman–Crippen MR) is 123 cm³/mol. The third kappa shape index (κ3) is 3.82. The molecule has 0 aliphatic carbocycles. The molecule has 0 aliphatic rings. The molecule has 3 aromatic carbocycles. The van der Waals surface area contributed by atoms with Crippen molar-refractivity contribution in [2.45, 2.75) is 6.61 Å². The molecule has 0 fully saturated rings. The molecule has 0 unspecified atom stereocenters. The Bertz CT molecular complexity index is 1230. The summed E-state index contributed by atoms with van der Waals surface area (Å²) in [6.07, 6.45) is 1.54. The van der Waals surface area contributed by atoms with Crippen LogP contribution in [0, 0.1) is 3.57 Å². The lowest BCUT2D eigenvalue weighted by Crippen LogP contribution is -2.13. The molecule has 0 spiro atoms. The van der Waals surface area contributed by atoms with Gasteiger partial charge in [-0.3, -0.25) is 9.36 Å². The van der Waals surface area contributed by atoms with Gasteiger partial charge in [0.15, 0.2) is 0 Å². The molecular formula is C24H18INO4. The van der Waals surface area contributed by atoms with E-state index in [4.69, 9.17) is 9.47 Å². The highest BCUT2D eigenvalue weighted by Crippen LogP contribution is 2.29. The first kappa shape index (κ1) is 20.2. The van der Waals surface area contributed by atoms with Crippen LogP contribution in [0.5, 0.6) is 5.75 Å². The van der Waals surface area contributed by atoms with E-state index in [9.17, 15) is 9.59 Å². The van der Waals surface area contributed by atoms with E-state index in [2.05, 4.69) is 22.6 Å². The number of hydrogen-bond acceptors (Lipinski definition) is 4. The lowest BCUT2D eigenvalue weighted by molar-refractivity contribution is 0.0603. The number of carbonyl (C=O) groups is 2. The SMILES string of the molecule is COC(=O)c1cn(C(=O)c2ccccc2OCc2ccccc2)c2c(I)cccc12. The fourth-order valence-electron chi connectivity index (χ4n) is 3.31. The summed E-state index contributed by atoms with van der Waals surface area (Å²) in [6.45, 7) is 0.350. The van der Waals surface area contributed by atoms with Gasteiger partial charge in [-0.05, 0) is 46.4 Å². The molecule has 4 aromatic rings. The highest BCUT2D eigenvalue weighted by atomic mass is 127. The Hall–Kier alpha value is -3.13. The number of rotatable bonds is 5. The van der Waals surface area contributed by atoms with Gasteiger partial charge in [-0.2, -0.15) is 0 Å². The van der Waals surface area contributed by atoms with Gasteiger partial charge in [0.05, 0.1) is 23.8 Å². The molecule has 0 radical (unpaired) electrons. The highest BCUT2D eigenvalue weighted by molar-refractivity contribution is 14.1. The van der Waals surface area contributed by atoms with Gasteiger partial charge in [-0.1, -0.05) is 54.6 Å². The predicted octanol–water partition coefficient (Wildman–Crippen LogP) is 5.30. The molecule has 0 bridgehead atoms. The van der Waals surface area contributed by atoms with E-state index >= 15 is 0 Å². The fraction of sp³-hybridized carbons (Fsp3) is 0.0833. The number of hydrogen-bond donors (Lipinski definition) is 0. The summed E-state index contributed by atoms with van der Waals surface area (Å²) in [5.74, 6) is -0.274. The van der Waals surface area contributed by atoms with Crippen LogP contribution in [0.25, 0.3) is 10.9 Å². The van der Waals surface area contributed by atoms with Crippen molar-refractivity contribution in [2.24, 2.45) is 0 Å². The number of para-hydroxylation sites is 2. The van der Waals surface area contributed by atoms with Crippen molar-refractivity contribution in [3.63, 3.8) is 0 Å². The first-order valence-electron chi connectivity index (χ1n) is 9.28. The molecule has 0 saturated heterocycles. The van der Waals surface area contributed by atoms with E-state index < -0.39 is 5.97 Å². The second-order valence-corrected chi connectivity index (χ2v) is 7.78. The number of carbonyl (C=O) groups excluding carboxylic acids is 2. The quantitative estimate of drug-likeness (QED) is 0.270. The third-order valence-electron chi connectivity index (χ3n) is 4.75. The minimum absolute atomic E-state index is 0.275. The molecule has 0 N–H and O–H groups in total. The minimum atomic E-state index is -0.484. The van der Waals surface area contributed by atoms with Crippen LogP contribution in [0.1, 0.15) is 26.3 Å². The summed E-state index contributed by atoms with van der Waals surface area (Å²) in [5, 5.41) is 0.671. The maximum absolute atomic E-state index is 13.5. The largest absolute Gasteiger partial charge is 0.488 e. The van der Waals surface area contributed by atoms with Crippen LogP contribution < -0.4 is 4.74 Å². The molecular weight excluding hydrogens is 493 g/mol. The first-order valence-corrected chi connectivity index (χ1v) is 10.4. The third-order valence-corrected chi connectivity index (χ3v) is 5.63. The number of halogens is 1. The number of nitrogens with zero attached hydrogens (tertiary/aromatic N) is 1. The first-order chi connectivity index (χ1) is 14.6. The van der Waals surface area contributed by atoms with E-state index in [0.29, 0.717) is 34.4 Å². The summed E-state index contributed by atoms with van der Waals surface area (Å²) in [5.41, 5.74) is 2.44. The Morgan fingerprint density at radius 3 is 2.40 bits per heavy atom. The molecule has 1 aromatic heterocycles. The second kappa shape index (κ2) is 8.71. The van der Waals surface area contributed by atoms with Crippen LogP contribution in [-0.4, -0.2) is 23.6 Å².